The van der Waals surface area contributed by atoms with Crippen LogP contribution in [0.1, 0.15) is 16.0 Å². The molecule has 0 radical (unpaired) electrons. The van der Waals surface area contributed by atoms with E-state index < -0.39 is 0 Å². The van der Waals surface area contributed by atoms with Crippen LogP contribution in [-0.4, -0.2) is 4.37 Å². The number of thioether (sulfide) groups is 1. The topological polar surface area (TPSA) is 36.7 Å². The van der Waals surface area contributed by atoms with E-state index in [1.54, 1.807) is 12.1 Å². The fourth-order valence-electron chi connectivity index (χ4n) is 1.39. The van der Waals surface area contributed by atoms with Crippen LogP contribution in [0.3, 0.4) is 0 Å². The second kappa shape index (κ2) is 5.94. The molecule has 92 valence electrons. The molecule has 1 aromatic carbocycles. The first-order chi connectivity index (χ1) is 8.63. The predicted octanol–water partition coefficient (Wildman–Crippen LogP) is 4.92. The summed E-state index contributed by atoms with van der Waals surface area (Å²) in [6.07, 6.45) is 0. The highest BCUT2D eigenvalue weighted by Crippen LogP contribution is 2.33. The van der Waals surface area contributed by atoms with Crippen molar-refractivity contribution >= 4 is 46.5 Å². The molecule has 0 atom stereocenters. The van der Waals surface area contributed by atoms with Crippen LogP contribution in [0, 0.1) is 18.3 Å². The molecule has 0 aliphatic rings. The molecule has 0 aliphatic heterocycles. The fraction of sp³-hybridized carbons (Fsp3) is 0.167. The molecule has 0 aliphatic carbocycles. The van der Waals surface area contributed by atoms with E-state index in [0.29, 0.717) is 21.4 Å². The van der Waals surface area contributed by atoms with Crippen LogP contribution in [0.25, 0.3) is 0 Å². The smallest absolute Gasteiger partial charge is 0.128 e. The van der Waals surface area contributed by atoms with Crippen LogP contribution in [0.2, 0.25) is 10.0 Å². The first-order valence-corrected chi connectivity index (χ1v) is 7.57. The number of benzene rings is 1. The third-order valence-corrected chi connectivity index (χ3v) is 4.94. The second-order valence-corrected chi connectivity index (χ2v) is 6.28. The minimum atomic E-state index is 0.608. The number of nitriles is 1. The normalized spacial score (nSPS) is 10.3. The lowest BCUT2D eigenvalue weighted by Crippen LogP contribution is -1.86. The van der Waals surface area contributed by atoms with Gasteiger partial charge in [0.25, 0.3) is 0 Å². The standard InChI is InChI=1S/C12H8Cl2N2S2/c1-7-8(5-15)12(16-18-7)17-6-9-10(13)3-2-4-11(9)14/h2-4H,6H2,1H3. The Hall–Kier alpha value is -0.730. The van der Waals surface area contributed by atoms with E-state index in [4.69, 9.17) is 28.5 Å². The lowest BCUT2D eigenvalue weighted by molar-refractivity contribution is 1.23. The van der Waals surface area contributed by atoms with Gasteiger partial charge in [0.05, 0.1) is 5.56 Å². The molecule has 0 unspecified atom stereocenters. The summed E-state index contributed by atoms with van der Waals surface area (Å²) in [5.41, 5.74) is 1.52. The van der Waals surface area contributed by atoms with Crippen LogP contribution >= 0.6 is 46.5 Å². The first kappa shape index (κ1) is 13.7. The van der Waals surface area contributed by atoms with Crippen molar-refractivity contribution in [2.45, 2.75) is 17.7 Å². The van der Waals surface area contributed by atoms with Crippen molar-refractivity contribution in [3.8, 4) is 6.07 Å². The zero-order valence-corrected chi connectivity index (χ0v) is 12.6. The summed E-state index contributed by atoms with van der Waals surface area (Å²) in [5, 5.41) is 11.1. The Morgan fingerprint density at radius 1 is 1.39 bits per heavy atom. The van der Waals surface area contributed by atoms with Gasteiger partial charge in [-0.05, 0) is 36.2 Å². The van der Waals surface area contributed by atoms with Gasteiger partial charge in [0.15, 0.2) is 0 Å². The van der Waals surface area contributed by atoms with Crippen LogP contribution in [0.4, 0.5) is 0 Å². The molecule has 18 heavy (non-hydrogen) atoms. The number of aromatic nitrogens is 1. The van der Waals surface area contributed by atoms with Gasteiger partial charge in [-0.25, -0.2) is 0 Å². The molecular formula is C12H8Cl2N2S2. The average Bonchev–Trinajstić information content (AvgIpc) is 2.69. The predicted molar refractivity (Wildman–Crippen MR) is 77.6 cm³/mol. The maximum Gasteiger partial charge on any atom is 0.128 e. The van der Waals surface area contributed by atoms with E-state index >= 15 is 0 Å². The third-order valence-electron chi connectivity index (χ3n) is 2.36. The summed E-state index contributed by atoms with van der Waals surface area (Å²) < 4.78 is 4.26. The lowest BCUT2D eigenvalue weighted by atomic mass is 10.2. The minimum absolute atomic E-state index is 0.608. The van der Waals surface area contributed by atoms with E-state index in [1.807, 2.05) is 13.0 Å². The maximum atomic E-state index is 9.05. The summed E-state index contributed by atoms with van der Waals surface area (Å²) in [6, 6.07) is 7.60. The number of hydrogen-bond acceptors (Lipinski definition) is 4. The van der Waals surface area contributed by atoms with Crippen molar-refractivity contribution in [2.75, 3.05) is 0 Å². The van der Waals surface area contributed by atoms with E-state index in [2.05, 4.69) is 10.4 Å². The summed E-state index contributed by atoms with van der Waals surface area (Å²) in [5.74, 6) is 0.608. The Morgan fingerprint density at radius 3 is 2.67 bits per heavy atom. The average molecular weight is 315 g/mol. The number of nitrogens with zero attached hydrogens (tertiary/aromatic N) is 2. The number of aryl methyl sites for hydroxylation is 1. The van der Waals surface area contributed by atoms with Gasteiger partial charge in [0.1, 0.15) is 11.1 Å². The van der Waals surface area contributed by atoms with Gasteiger partial charge >= 0.3 is 0 Å². The highest BCUT2D eigenvalue weighted by Gasteiger charge is 2.13. The Balaban J connectivity index is 2.20. The molecule has 0 bridgehead atoms. The zero-order valence-electron chi connectivity index (χ0n) is 9.41. The molecule has 2 rings (SSSR count). The molecule has 0 saturated carbocycles. The molecule has 0 amide bonds. The highest BCUT2D eigenvalue weighted by molar-refractivity contribution is 7.98. The number of hydrogen-bond donors (Lipinski definition) is 0. The molecule has 1 heterocycles. The molecule has 1 aromatic heterocycles. The van der Waals surface area contributed by atoms with Crippen molar-refractivity contribution < 1.29 is 0 Å². The molecule has 0 N–H and O–H groups in total. The maximum absolute atomic E-state index is 9.05. The Labute approximate surface area is 124 Å². The first-order valence-electron chi connectivity index (χ1n) is 5.05. The number of rotatable bonds is 3. The van der Waals surface area contributed by atoms with Crippen molar-refractivity contribution in [2.24, 2.45) is 0 Å². The van der Waals surface area contributed by atoms with E-state index in [0.717, 1.165) is 15.5 Å². The summed E-state index contributed by atoms with van der Waals surface area (Å²) in [6.45, 7) is 1.89. The van der Waals surface area contributed by atoms with Gasteiger partial charge < -0.3 is 0 Å². The quantitative estimate of drug-likeness (QED) is 0.754. The molecule has 0 spiro atoms. The van der Waals surface area contributed by atoms with Gasteiger partial charge in [-0.3, -0.25) is 0 Å². The SMILES string of the molecule is Cc1snc(SCc2c(Cl)cccc2Cl)c1C#N. The van der Waals surface area contributed by atoms with Gasteiger partial charge in [0.2, 0.25) is 0 Å². The highest BCUT2D eigenvalue weighted by atomic mass is 35.5. The van der Waals surface area contributed by atoms with Gasteiger partial charge in [0, 0.05) is 20.7 Å². The van der Waals surface area contributed by atoms with Crippen LogP contribution < -0.4 is 0 Å². The fourth-order valence-corrected chi connectivity index (χ4v) is 3.94. The monoisotopic (exact) mass is 314 g/mol. The Bertz CT molecular complexity index is 597. The minimum Gasteiger partial charge on any atom is -0.192 e. The van der Waals surface area contributed by atoms with Gasteiger partial charge in [-0.2, -0.15) is 9.64 Å². The van der Waals surface area contributed by atoms with Crippen molar-refractivity contribution in [1.82, 2.24) is 4.37 Å². The van der Waals surface area contributed by atoms with E-state index in [9.17, 15) is 0 Å². The molecule has 0 fully saturated rings. The van der Waals surface area contributed by atoms with E-state index in [1.165, 1.54) is 23.3 Å². The van der Waals surface area contributed by atoms with E-state index in [-0.39, 0.29) is 0 Å². The van der Waals surface area contributed by atoms with Gasteiger partial charge in [-0.1, -0.05) is 41.0 Å². The van der Waals surface area contributed by atoms with Crippen molar-refractivity contribution in [1.29, 1.82) is 5.26 Å². The molecule has 2 nitrogen and oxygen atoms in total. The molecule has 2 aromatic rings. The second-order valence-electron chi connectivity index (χ2n) is 3.52. The molecular weight excluding hydrogens is 307 g/mol. The lowest BCUT2D eigenvalue weighted by Gasteiger charge is -2.05. The summed E-state index contributed by atoms with van der Waals surface area (Å²) >= 11 is 15.0. The Morgan fingerprint density at radius 2 is 2.06 bits per heavy atom. The largest absolute Gasteiger partial charge is 0.192 e. The van der Waals surface area contributed by atoms with Crippen LogP contribution in [-0.2, 0) is 5.75 Å². The summed E-state index contributed by atoms with van der Waals surface area (Å²) in [7, 11) is 0. The van der Waals surface area contributed by atoms with Crippen molar-refractivity contribution in [3.05, 3.63) is 44.2 Å². The number of halogens is 2. The molecule has 6 heteroatoms. The molecule has 0 saturated heterocycles. The Kier molecular flexibility index (Phi) is 4.52. The van der Waals surface area contributed by atoms with Crippen LogP contribution in [0.15, 0.2) is 23.2 Å². The third kappa shape index (κ3) is 2.81. The zero-order chi connectivity index (χ0) is 13.1. The summed E-state index contributed by atoms with van der Waals surface area (Å²) in [4.78, 5) is 0.935. The van der Waals surface area contributed by atoms with Crippen molar-refractivity contribution in [3.63, 3.8) is 0 Å². The van der Waals surface area contributed by atoms with Gasteiger partial charge in [-0.15, -0.1) is 0 Å². The van der Waals surface area contributed by atoms with Crippen LogP contribution in [0.5, 0.6) is 0 Å².